The molecule has 0 saturated carbocycles. The van der Waals surface area contributed by atoms with Gasteiger partial charge < -0.3 is 5.32 Å². The van der Waals surface area contributed by atoms with Crippen LogP contribution in [0.1, 0.15) is 10.4 Å². The van der Waals surface area contributed by atoms with Crippen molar-refractivity contribution in [2.75, 3.05) is 5.32 Å². The fourth-order valence-electron chi connectivity index (χ4n) is 1.61. The Hall–Kier alpha value is -2.09. The third-order valence-corrected chi connectivity index (χ3v) is 3.29. The van der Waals surface area contributed by atoms with E-state index in [2.05, 4.69) is 0 Å². The monoisotopic (exact) mass is 333 g/mol. The molecule has 8 heteroatoms. The first-order valence-electron chi connectivity index (χ1n) is 5.87. The molecule has 0 bridgehead atoms. The predicted octanol–water partition coefficient (Wildman–Crippen LogP) is 4.83. The first kappa shape index (κ1) is 16.3. The Balaban J connectivity index is 2.13. The summed E-state index contributed by atoms with van der Waals surface area (Å²) in [4.78, 5) is 11.7. The normalized spacial score (nSPS) is 11.3. The first-order chi connectivity index (χ1) is 10.3. The van der Waals surface area contributed by atoms with Gasteiger partial charge >= 0.3 is 5.51 Å². The summed E-state index contributed by atoms with van der Waals surface area (Å²) in [5.74, 6) is -2.72. The molecule has 116 valence electrons. The van der Waals surface area contributed by atoms with E-state index in [0.717, 1.165) is 42.5 Å². The largest absolute Gasteiger partial charge is 0.446 e. The highest BCUT2D eigenvalue weighted by Crippen LogP contribution is 2.36. The molecule has 0 radical (unpaired) electrons. The number of hydrogen-bond acceptors (Lipinski definition) is 2. The van der Waals surface area contributed by atoms with Gasteiger partial charge in [0.1, 0.15) is 17.3 Å². The van der Waals surface area contributed by atoms with Crippen molar-refractivity contribution in [2.24, 2.45) is 0 Å². The van der Waals surface area contributed by atoms with Gasteiger partial charge in [0.15, 0.2) is 0 Å². The van der Waals surface area contributed by atoms with E-state index in [9.17, 15) is 26.7 Å². The fraction of sp³-hybridized carbons (Fsp3) is 0.0714. The zero-order valence-electron chi connectivity index (χ0n) is 10.7. The van der Waals surface area contributed by atoms with Gasteiger partial charge in [-0.15, -0.1) is 0 Å². The van der Waals surface area contributed by atoms with Crippen LogP contribution in [0.2, 0.25) is 0 Å². The van der Waals surface area contributed by atoms with Gasteiger partial charge in [0.2, 0.25) is 0 Å². The number of benzene rings is 2. The fourth-order valence-corrected chi connectivity index (χ4v) is 2.15. The van der Waals surface area contributed by atoms with E-state index in [-0.39, 0.29) is 22.2 Å². The van der Waals surface area contributed by atoms with E-state index in [1.165, 1.54) is 0 Å². The quantitative estimate of drug-likeness (QED) is 0.644. The van der Waals surface area contributed by atoms with Gasteiger partial charge in [0.05, 0.1) is 0 Å². The van der Waals surface area contributed by atoms with Crippen LogP contribution < -0.4 is 5.32 Å². The Morgan fingerprint density at radius 1 is 0.955 bits per heavy atom. The Bertz CT molecular complexity index is 664. The summed E-state index contributed by atoms with van der Waals surface area (Å²) in [6.07, 6.45) is 0. The minimum absolute atomic E-state index is 0.0193. The summed E-state index contributed by atoms with van der Waals surface area (Å²) in [7, 11) is 0. The molecule has 2 nitrogen and oxygen atoms in total. The second-order valence-electron chi connectivity index (χ2n) is 4.12. The van der Waals surface area contributed by atoms with Gasteiger partial charge in [0.25, 0.3) is 5.91 Å². The SMILES string of the molecule is O=C(Nc1c(F)cccc1F)c1ccc(SC(F)(F)F)cc1. The molecule has 0 saturated heterocycles. The lowest BCUT2D eigenvalue weighted by Gasteiger charge is -2.09. The lowest BCUT2D eigenvalue weighted by molar-refractivity contribution is -0.0328. The smallest absolute Gasteiger partial charge is 0.317 e. The van der Waals surface area contributed by atoms with Crippen LogP contribution in [0, 0.1) is 11.6 Å². The summed E-state index contributed by atoms with van der Waals surface area (Å²) < 4.78 is 63.3. The van der Waals surface area contributed by atoms with Crippen molar-refractivity contribution < 1.29 is 26.7 Å². The molecule has 2 aromatic carbocycles. The van der Waals surface area contributed by atoms with Gasteiger partial charge in [-0.25, -0.2) is 8.78 Å². The minimum Gasteiger partial charge on any atom is -0.317 e. The number of alkyl halides is 3. The van der Waals surface area contributed by atoms with Gasteiger partial charge in [0, 0.05) is 10.5 Å². The maximum Gasteiger partial charge on any atom is 0.446 e. The molecule has 2 rings (SSSR count). The number of halogens is 5. The summed E-state index contributed by atoms with van der Waals surface area (Å²) in [5.41, 5.74) is -5.06. The third kappa shape index (κ3) is 4.20. The molecular weight excluding hydrogens is 325 g/mol. The molecule has 1 N–H and O–H groups in total. The molecule has 2 aromatic rings. The van der Waals surface area contributed by atoms with Crippen molar-refractivity contribution in [3.05, 3.63) is 59.7 Å². The number of nitrogens with one attached hydrogen (secondary N) is 1. The summed E-state index contributed by atoms with van der Waals surface area (Å²) in [6, 6.07) is 7.58. The molecule has 22 heavy (non-hydrogen) atoms. The standard InChI is InChI=1S/C14H8F5NOS/c15-10-2-1-3-11(16)12(10)20-13(21)8-4-6-9(7-5-8)22-14(17,18)19/h1-7H,(H,20,21). The number of hydrogen-bond donors (Lipinski definition) is 1. The third-order valence-electron chi connectivity index (χ3n) is 2.55. The number of anilines is 1. The number of para-hydroxylation sites is 1. The molecule has 0 aliphatic heterocycles. The Labute approximate surface area is 126 Å². The number of amides is 1. The van der Waals surface area contributed by atoms with E-state index in [1.54, 1.807) is 0 Å². The second-order valence-corrected chi connectivity index (χ2v) is 5.26. The Morgan fingerprint density at radius 2 is 1.50 bits per heavy atom. The van der Waals surface area contributed by atoms with Crippen molar-refractivity contribution in [3.8, 4) is 0 Å². The van der Waals surface area contributed by atoms with Crippen LogP contribution >= 0.6 is 11.8 Å². The van der Waals surface area contributed by atoms with Crippen LogP contribution in [0.25, 0.3) is 0 Å². The molecule has 0 heterocycles. The van der Waals surface area contributed by atoms with E-state index >= 15 is 0 Å². The van der Waals surface area contributed by atoms with Gasteiger partial charge in [-0.1, -0.05) is 6.07 Å². The average molecular weight is 333 g/mol. The number of carbonyl (C=O) groups is 1. The zero-order valence-corrected chi connectivity index (χ0v) is 11.6. The Kier molecular flexibility index (Phi) is 4.70. The van der Waals surface area contributed by atoms with Crippen molar-refractivity contribution in [1.29, 1.82) is 0 Å². The summed E-state index contributed by atoms with van der Waals surface area (Å²) in [6.45, 7) is 0. The molecule has 0 fully saturated rings. The maximum atomic E-state index is 13.4. The molecule has 0 atom stereocenters. The van der Waals surface area contributed by atoms with Crippen LogP contribution in [-0.4, -0.2) is 11.4 Å². The number of thioether (sulfide) groups is 1. The van der Waals surface area contributed by atoms with Gasteiger partial charge in [-0.3, -0.25) is 4.79 Å². The van der Waals surface area contributed by atoms with Gasteiger partial charge in [-0.2, -0.15) is 13.2 Å². The first-order valence-corrected chi connectivity index (χ1v) is 6.69. The molecule has 0 aliphatic rings. The van der Waals surface area contributed by atoms with Gasteiger partial charge in [-0.05, 0) is 48.2 Å². The van der Waals surface area contributed by atoms with Crippen molar-refractivity contribution >= 4 is 23.4 Å². The molecule has 1 amide bonds. The summed E-state index contributed by atoms with van der Waals surface area (Å²) >= 11 is -0.322. The number of rotatable bonds is 3. The molecule has 0 aromatic heterocycles. The van der Waals surface area contributed by atoms with E-state index in [1.807, 2.05) is 5.32 Å². The second kappa shape index (κ2) is 6.35. The lowest BCUT2D eigenvalue weighted by atomic mass is 10.2. The highest BCUT2D eigenvalue weighted by atomic mass is 32.2. The van der Waals surface area contributed by atoms with E-state index in [4.69, 9.17) is 0 Å². The molecule has 0 unspecified atom stereocenters. The zero-order chi connectivity index (χ0) is 16.3. The van der Waals surface area contributed by atoms with Crippen LogP contribution in [-0.2, 0) is 0 Å². The maximum absolute atomic E-state index is 13.4. The lowest BCUT2D eigenvalue weighted by Crippen LogP contribution is -2.14. The summed E-state index contributed by atoms with van der Waals surface area (Å²) in [5, 5.41) is 2.04. The highest BCUT2D eigenvalue weighted by Gasteiger charge is 2.29. The Morgan fingerprint density at radius 3 is 2.00 bits per heavy atom. The molecule has 0 aliphatic carbocycles. The number of carbonyl (C=O) groups excluding carboxylic acids is 1. The van der Waals surface area contributed by atoms with E-state index < -0.39 is 28.7 Å². The van der Waals surface area contributed by atoms with Crippen LogP contribution in [0.3, 0.4) is 0 Å². The van der Waals surface area contributed by atoms with E-state index in [0.29, 0.717) is 0 Å². The minimum atomic E-state index is -4.43. The van der Waals surface area contributed by atoms with Crippen LogP contribution in [0.15, 0.2) is 47.4 Å². The molecule has 0 spiro atoms. The van der Waals surface area contributed by atoms with Crippen molar-refractivity contribution in [3.63, 3.8) is 0 Å². The highest BCUT2D eigenvalue weighted by molar-refractivity contribution is 8.00. The average Bonchev–Trinajstić information content (AvgIpc) is 2.42. The topological polar surface area (TPSA) is 29.1 Å². The van der Waals surface area contributed by atoms with Crippen LogP contribution in [0.4, 0.5) is 27.6 Å². The molecular formula is C14H8F5NOS. The van der Waals surface area contributed by atoms with Crippen LogP contribution in [0.5, 0.6) is 0 Å². The van der Waals surface area contributed by atoms with Crippen molar-refractivity contribution in [2.45, 2.75) is 10.4 Å². The predicted molar refractivity (Wildman–Crippen MR) is 72.7 cm³/mol. The van der Waals surface area contributed by atoms with Crippen molar-refractivity contribution in [1.82, 2.24) is 0 Å².